The molecular formula is C29H28N3+. The number of fused-ring (bicyclic) bond motifs is 1. The molecule has 2 aromatic heterocycles. The number of hydrogen-bond acceptors (Lipinski definition) is 1. The molecule has 0 unspecified atom stereocenters. The van der Waals surface area contributed by atoms with E-state index in [0.717, 1.165) is 11.5 Å². The van der Waals surface area contributed by atoms with Gasteiger partial charge in [0.1, 0.15) is 5.69 Å². The van der Waals surface area contributed by atoms with E-state index in [1.807, 2.05) is 6.20 Å². The van der Waals surface area contributed by atoms with E-state index in [1.165, 1.54) is 50.1 Å². The Hall–Kier alpha value is -3.72. The molecule has 0 N–H and O–H groups in total. The van der Waals surface area contributed by atoms with E-state index in [0.29, 0.717) is 0 Å². The zero-order valence-electron chi connectivity index (χ0n) is 19.3. The Morgan fingerprint density at radius 3 is 2.06 bits per heavy atom. The van der Waals surface area contributed by atoms with Crippen LogP contribution in [0.4, 0.5) is 0 Å². The molecule has 32 heavy (non-hydrogen) atoms. The van der Waals surface area contributed by atoms with E-state index in [9.17, 15) is 0 Å². The minimum Gasteiger partial charge on any atom is -0.261 e. The van der Waals surface area contributed by atoms with E-state index in [-0.39, 0.29) is 0 Å². The zero-order valence-corrected chi connectivity index (χ0v) is 19.3. The second kappa shape index (κ2) is 7.76. The molecule has 0 aliphatic rings. The minimum absolute atomic E-state index is 1.04. The smallest absolute Gasteiger partial charge is 0.261 e. The van der Waals surface area contributed by atoms with Crippen molar-refractivity contribution in [2.75, 3.05) is 0 Å². The summed E-state index contributed by atoms with van der Waals surface area (Å²) >= 11 is 0. The Balaban J connectivity index is 1.86. The van der Waals surface area contributed by atoms with Gasteiger partial charge < -0.3 is 0 Å². The third-order valence-corrected chi connectivity index (χ3v) is 6.41. The highest BCUT2D eigenvalue weighted by Crippen LogP contribution is 2.35. The maximum absolute atomic E-state index is 4.63. The van der Waals surface area contributed by atoms with Crippen LogP contribution in [0.25, 0.3) is 39.2 Å². The highest BCUT2D eigenvalue weighted by Gasteiger charge is 2.30. The molecule has 3 aromatic carbocycles. The number of hydrogen-bond donors (Lipinski definition) is 0. The molecule has 3 heteroatoms. The van der Waals surface area contributed by atoms with Crippen molar-refractivity contribution in [3.8, 4) is 28.2 Å². The number of rotatable bonds is 3. The average Bonchev–Trinajstić information content (AvgIpc) is 3.06. The van der Waals surface area contributed by atoms with E-state index in [4.69, 9.17) is 0 Å². The predicted octanol–water partition coefficient (Wildman–Crippen LogP) is 6.42. The molecule has 0 saturated heterocycles. The molecule has 0 aliphatic carbocycles. The molecule has 0 saturated carbocycles. The number of benzene rings is 3. The fourth-order valence-electron chi connectivity index (χ4n) is 4.96. The molecule has 2 heterocycles. The van der Waals surface area contributed by atoms with Gasteiger partial charge in [-0.1, -0.05) is 42.5 Å². The standard InChI is InChI=1S/C29H28N3/c1-19-15-16-30-22(4)27(19)29-31(5)25-13-9-10-14-26(25)32(29)28-20(2)17-24(18-21(28)3)23-11-7-6-8-12-23/h6-18H,1-5H3/q+1. The van der Waals surface area contributed by atoms with Crippen molar-refractivity contribution >= 4 is 11.0 Å². The molecule has 158 valence electrons. The van der Waals surface area contributed by atoms with E-state index in [2.05, 4.69) is 122 Å². The van der Waals surface area contributed by atoms with Crippen molar-refractivity contribution in [3.05, 3.63) is 101 Å². The fourth-order valence-corrected chi connectivity index (χ4v) is 4.96. The number of nitrogens with zero attached hydrogens (tertiary/aromatic N) is 3. The Morgan fingerprint density at radius 1 is 0.719 bits per heavy atom. The van der Waals surface area contributed by atoms with Crippen LogP contribution >= 0.6 is 0 Å². The second-order valence-electron chi connectivity index (χ2n) is 8.62. The molecule has 0 aliphatic heterocycles. The molecule has 0 bridgehead atoms. The summed E-state index contributed by atoms with van der Waals surface area (Å²) in [4.78, 5) is 4.63. The fraction of sp³-hybridized carbons (Fsp3) is 0.172. The molecule has 3 nitrogen and oxygen atoms in total. The monoisotopic (exact) mass is 418 g/mol. The van der Waals surface area contributed by atoms with Crippen LogP contribution in [0.5, 0.6) is 0 Å². The van der Waals surface area contributed by atoms with Gasteiger partial charge in [0.25, 0.3) is 5.82 Å². The first-order chi connectivity index (χ1) is 15.5. The summed E-state index contributed by atoms with van der Waals surface area (Å²) in [7, 11) is 2.16. The maximum atomic E-state index is 4.63. The molecule has 0 atom stereocenters. The first kappa shape index (κ1) is 20.2. The quantitative estimate of drug-likeness (QED) is 0.310. The molecule has 0 radical (unpaired) electrons. The maximum Gasteiger partial charge on any atom is 0.297 e. The first-order valence-corrected chi connectivity index (χ1v) is 11.1. The molecular weight excluding hydrogens is 390 g/mol. The van der Waals surface area contributed by atoms with Crippen molar-refractivity contribution in [2.45, 2.75) is 27.7 Å². The largest absolute Gasteiger partial charge is 0.297 e. The number of aromatic nitrogens is 3. The topological polar surface area (TPSA) is 21.7 Å². The Labute approximate surface area is 189 Å². The summed E-state index contributed by atoms with van der Waals surface area (Å²) in [6.45, 7) is 8.71. The number of para-hydroxylation sites is 2. The van der Waals surface area contributed by atoms with Crippen LogP contribution in [-0.4, -0.2) is 9.55 Å². The van der Waals surface area contributed by atoms with Crippen LogP contribution in [0.2, 0.25) is 0 Å². The average molecular weight is 419 g/mol. The van der Waals surface area contributed by atoms with E-state index >= 15 is 0 Å². The number of pyridine rings is 1. The molecule has 5 rings (SSSR count). The Bertz CT molecular complexity index is 1420. The zero-order chi connectivity index (χ0) is 22.4. The van der Waals surface area contributed by atoms with Crippen molar-refractivity contribution in [3.63, 3.8) is 0 Å². The van der Waals surface area contributed by atoms with Crippen LogP contribution in [0.1, 0.15) is 22.4 Å². The van der Waals surface area contributed by atoms with Gasteiger partial charge in [0, 0.05) is 6.20 Å². The van der Waals surface area contributed by atoms with Crippen molar-refractivity contribution in [2.24, 2.45) is 7.05 Å². The van der Waals surface area contributed by atoms with Crippen LogP contribution in [-0.2, 0) is 7.05 Å². The molecule has 5 aromatic rings. The lowest BCUT2D eigenvalue weighted by Crippen LogP contribution is -2.31. The SMILES string of the molecule is Cc1ccnc(C)c1-c1n(-c2c(C)cc(-c3ccccc3)cc2C)c2ccccc2[n+]1C. The number of imidazole rings is 1. The van der Waals surface area contributed by atoms with Gasteiger partial charge in [0.2, 0.25) is 0 Å². The van der Waals surface area contributed by atoms with Crippen molar-refractivity contribution in [1.82, 2.24) is 9.55 Å². The van der Waals surface area contributed by atoms with Crippen LogP contribution < -0.4 is 4.57 Å². The van der Waals surface area contributed by atoms with Gasteiger partial charge in [-0.3, -0.25) is 4.98 Å². The van der Waals surface area contributed by atoms with Gasteiger partial charge in [-0.15, -0.1) is 0 Å². The Kier molecular flexibility index (Phi) is 4.90. The lowest BCUT2D eigenvalue weighted by molar-refractivity contribution is -0.633. The lowest BCUT2D eigenvalue weighted by atomic mass is 9.98. The van der Waals surface area contributed by atoms with Crippen LogP contribution in [0.3, 0.4) is 0 Å². The summed E-state index contributed by atoms with van der Waals surface area (Å²) in [6.07, 6.45) is 1.90. The normalized spacial score (nSPS) is 11.3. The summed E-state index contributed by atoms with van der Waals surface area (Å²) < 4.78 is 4.72. The van der Waals surface area contributed by atoms with Crippen molar-refractivity contribution < 1.29 is 4.57 Å². The Morgan fingerprint density at radius 2 is 1.38 bits per heavy atom. The number of aryl methyl sites for hydroxylation is 5. The highest BCUT2D eigenvalue weighted by molar-refractivity contribution is 5.82. The second-order valence-corrected chi connectivity index (χ2v) is 8.62. The summed E-state index contributed by atoms with van der Waals surface area (Å²) in [5.41, 5.74) is 12.1. The first-order valence-electron chi connectivity index (χ1n) is 11.1. The van der Waals surface area contributed by atoms with Gasteiger partial charge in [0.15, 0.2) is 11.0 Å². The van der Waals surface area contributed by atoms with Crippen LogP contribution in [0, 0.1) is 27.7 Å². The van der Waals surface area contributed by atoms with Gasteiger partial charge in [-0.05, 0) is 85.8 Å². The summed E-state index contributed by atoms with van der Waals surface area (Å²) in [5, 5.41) is 0. The van der Waals surface area contributed by atoms with E-state index in [1.54, 1.807) is 0 Å². The third-order valence-electron chi connectivity index (χ3n) is 6.41. The van der Waals surface area contributed by atoms with Gasteiger partial charge in [-0.2, -0.15) is 4.57 Å². The third kappa shape index (κ3) is 3.13. The predicted molar refractivity (Wildman–Crippen MR) is 132 cm³/mol. The minimum atomic E-state index is 1.04. The van der Waals surface area contributed by atoms with Gasteiger partial charge in [0.05, 0.1) is 18.3 Å². The van der Waals surface area contributed by atoms with Crippen LogP contribution in [0.15, 0.2) is 79.0 Å². The van der Waals surface area contributed by atoms with Gasteiger partial charge in [-0.25, -0.2) is 4.57 Å². The summed E-state index contributed by atoms with van der Waals surface area (Å²) in [6, 6.07) is 25.9. The highest BCUT2D eigenvalue weighted by atomic mass is 15.2. The summed E-state index contributed by atoms with van der Waals surface area (Å²) in [5.74, 6) is 1.16. The van der Waals surface area contributed by atoms with Gasteiger partial charge >= 0.3 is 0 Å². The molecule has 0 fully saturated rings. The lowest BCUT2D eigenvalue weighted by Gasteiger charge is -2.14. The van der Waals surface area contributed by atoms with Crippen molar-refractivity contribution in [1.29, 1.82) is 0 Å². The van der Waals surface area contributed by atoms with E-state index < -0.39 is 0 Å². The molecule has 0 spiro atoms. The molecule has 0 amide bonds.